The monoisotopic (exact) mass is 222 g/mol. The number of anilines is 1. The van der Waals surface area contributed by atoms with Crippen LogP contribution in [0.2, 0.25) is 0 Å². The summed E-state index contributed by atoms with van der Waals surface area (Å²) in [6.07, 6.45) is 0. The molecule has 1 N–H and O–H groups in total. The highest BCUT2D eigenvalue weighted by molar-refractivity contribution is 5.51. The summed E-state index contributed by atoms with van der Waals surface area (Å²) in [7, 11) is 0. The highest BCUT2D eigenvalue weighted by atomic mass is 14.9. The Hall–Kier alpha value is -2.27. The molecule has 0 aliphatic heterocycles. The van der Waals surface area contributed by atoms with Crippen LogP contribution in [0.3, 0.4) is 0 Å². The Kier molecular flexibility index (Phi) is 3.42. The van der Waals surface area contributed by atoms with Crippen molar-refractivity contribution in [2.45, 2.75) is 13.5 Å². The van der Waals surface area contributed by atoms with Gasteiger partial charge in [-0.3, -0.25) is 0 Å². The van der Waals surface area contributed by atoms with E-state index in [0.717, 1.165) is 23.4 Å². The minimum Gasteiger partial charge on any atom is -0.381 e. The maximum Gasteiger partial charge on any atom is 0.0994 e. The van der Waals surface area contributed by atoms with Crippen LogP contribution in [0.1, 0.15) is 16.7 Å². The SMILES string of the molecule is Cc1cc(NCc2ccccc2)ccc1C#N. The molecule has 0 unspecified atom stereocenters. The van der Waals surface area contributed by atoms with Crippen LogP contribution in [0, 0.1) is 18.3 Å². The third-order valence-corrected chi connectivity index (χ3v) is 2.69. The van der Waals surface area contributed by atoms with Gasteiger partial charge in [-0.15, -0.1) is 0 Å². The Morgan fingerprint density at radius 2 is 1.88 bits per heavy atom. The van der Waals surface area contributed by atoms with Crippen molar-refractivity contribution < 1.29 is 0 Å². The van der Waals surface area contributed by atoms with Crippen molar-refractivity contribution in [3.63, 3.8) is 0 Å². The lowest BCUT2D eigenvalue weighted by Crippen LogP contribution is -1.99. The van der Waals surface area contributed by atoms with Crippen molar-refractivity contribution >= 4 is 5.69 Å². The molecule has 0 aliphatic rings. The van der Waals surface area contributed by atoms with Crippen molar-refractivity contribution in [3.05, 3.63) is 65.2 Å². The Labute approximate surface area is 102 Å². The zero-order valence-electron chi connectivity index (χ0n) is 9.77. The third-order valence-electron chi connectivity index (χ3n) is 2.69. The predicted octanol–water partition coefficient (Wildman–Crippen LogP) is 3.48. The summed E-state index contributed by atoms with van der Waals surface area (Å²) >= 11 is 0. The average molecular weight is 222 g/mol. The second kappa shape index (κ2) is 5.18. The van der Waals surface area contributed by atoms with Gasteiger partial charge in [-0.1, -0.05) is 30.3 Å². The summed E-state index contributed by atoms with van der Waals surface area (Å²) in [6, 6.07) is 18.2. The molecule has 0 spiro atoms. The minimum atomic E-state index is 0.732. The third kappa shape index (κ3) is 2.85. The largest absolute Gasteiger partial charge is 0.381 e. The average Bonchev–Trinajstić information content (AvgIpc) is 2.38. The second-order valence-electron chi connectivity index (χ2n) is 3.98. The fraction of sp³-hybridized carbons (Fsp3) is 0.133. The lowest BCUT2D eigenvalue weighted by atomic mass is 10.1. The predicted molar refractivity (Wildman–Crippen MR) is 69.7 cm³/mol. The number of nitrogens with one attached hydrogen (secondary N) is 1. The standard InChI is InChI=1S/C15H14N2/c1-12-9-15(8-7-14(12)10-16)17-11-13-5-3-2-4-6-13/h2-9,17H,11H2,1H3. The first-order valence-electron chi connectivity index (χ1n) is 5.58. The van der Waals surface area contributed by atoms with Gasteiger partial charge in [0, 0.05) is 12.2 Å². The van der Waals surface area contributed by atoms with E-state index in [9.17, 15) is 0 Å². The molecule has 2 aromatic rings. The molecular formula is C15H14N2. The van der Waals surface area contributed by atoms with E-state index in [0.29, 0.717) is 0 Å². The van der Waals surface area contributed by atoms with Crippen LogP contribution in [-0.4, -0.2) is 0 Å². The number of hydrogen-bond donors (Lipinski definition) is 1. The summed E-state index contributed by atoms with van der Waals surface area (Å²) in [5.74, 6) is 0. The van der Waals surface area contributed by atoms with E-state index in [2.05, 4.69) is 23.5 Å². The molecule has 0 saturated carbocycles. The molecule has 2 heteroatoms. The normalized spacial score (nSPS) is 9.65. The van der Waals surface area contributed by atoms with Gasteiger partial charge in [0.1, 0.15) is 0 Å². The maximum absolute atomic E-state index is 8.85. The summed E-state index contributed by atoms with van der Waals surface area (Å²) < 4.78 is 0. The molecule has 17 heavy (non-hydrogen) atoms. The van der Waals surface area contributed by atoms with E-state index in [4.69, 9.17) is 5.26 Å². The van der Waals surface area contributed by atoms with Crippen LogP contribution in [-0.2, 0) is 6.54 Å². The van der Waals surface area contributed by atoms with E-state index in [1.54, 1.807) is 0 Å². The summed E-state index contributed by atoms with van der Waals surface area (Å²) in [5, 5.41) is 12.2. The first-order valence-corrected chi connectivity index (χ1v) is 5.58. The van der Waals surface area contributed by atoms with Crippen LogP contribution < -0.4 is 5.32 Å². The molecule has 0 saturated heterocycles. The van der Waals surface area contributed by atoms with Gasteiger partial charge in [-0.25, -0.2) is 0 Å². The van der Waals surface area contributed by atoms with Gasteiger partial charge in [-0.05, 0) is 36.2 Å². The number of benzene rings is 2. The van der Waals surface area contributed by atoms with Crippen LogP contribution in [0.15, 0.2) is 48.5 Å². The lowest BCUT2D eigenvalue weighted by molar-refractivity contribution is 1.15. The van der Waals surface area contributed by atoms with Crippen molar-refractivity contribution in [1.82, 2.24) is 0 Å². The number of aryl methyl sites for hydroxylation is 1. The first kappa shape index (κ1) is 11.2. The number of nitriles is 1. The Morgan fingerprint density at radius 1 is 1.12 bits per heavy atom. The van der Waals surface area contributed by atoms with E-state index < -0.39 is 0 Å². The molecule has 0 atom stereocenters. The van der Waals surface area contributed by atoms with Crippen LogP contribution in [0.4, 0.5) is 5.69 Å². The summed E-state index contributed by atoms with van der Waals surface area (Å²) in [5.41, 5.74) is 4.03. The first-order chi connectivity index (χ1) is 8.29. The molecule has 0 fully saturated rings. The van der Waals surface area contributed by atoms with Gasteiger partial charge >= 0.3 is 0 Å². The van der Waals surface area contributed by atoms with Crippen molar-refractivity contribution in [2.24, 2.45) is 0 Å². The minimum absolute atomic E-state index is 0.732. The maximum atomic E-state index is 8.85. The molecular weight excluding hydrogens is 208 g/mol. The fourth-order valence-corrected chi connectivity index (χ4v) is 1.70. The quantitative estimate of drug-likeness (QED) is 0.863. The zero-order valence-corrected chi connectivity index (χ0v) is 9.77. The summed E-state index contributed by atoms with van der Waals surface area (Å²) in [6.45, 7) is 2.75. The fourth-order valence-electron chi connectivity index (χ4n) is 1.70. The van der Waals surface area contributed by atoms with Crippen molar-refractivity contribution in [2.75, 3.05) is 5.32 Å². The van der Waals surface area contributed by atoms with Crippen LogP contribution in [0.5, 0.6) is 0 Å². The molecule has 0 heterocycles. The van der Waals surface area contributed by atoms with Gasteiger partial charge in [0.25, 0.3) is 0 Å². The topological polar surface area (TPSA) is 35.8 Å². The highest BCUT2D eigenvalue weighted by Crippen LogP contribution is 2.15. The second-order valence-corrected chi connectivity index (χ2v) is 3.98. The molecule has 84 valence electrons. The van der Waals surface area contributed by atoms with E-state index in [1.165, 1.54) is 5.56 Å². The Bertz CT molecular complexity index is 539. The van der Waals surface area contributed by atoms with Crippen molar-refractivity contribution in [3.8, 4) is 6.07 Å². The number of nitrogens with zero attached hydrogens (tertiary/aromatic N) is 1. The van der Waals surface area contributed by atoms with E-state index >= 15 is 0 Å². The van der Waals surface area contributed by atoms with Crippen molar-refractivity contribution in [1.29, 1.82) is 5.26 Å². The highest BCUT2D eigenvalue weighted by Gasteiger charge is 1.98. The molecule has 2 aromatic carbocycles. The Balaban J connectivity index is 2.06. The lowest BCUT2D eigenvalue weighted by Gasteiger charge is -2.07. The summed E-state index contributed by atoms with van der Waals surface area (Å²) in [4.78, 5) is 0. The van der Waals surface area contributed by atoms with Crippen LogP contribution >= 0.6 is 0 Å². The number of rotatable bonds is 3. The van der Waals surface area contributed by atoms with Crippen LogP contribution in [0.25, 0.3) is 0 Å². The molecule has 0 bridgehead atoms. The van der Waals surface area contributed by atoms with Gasteiger partial charge in [0.05, 0.1) is 11.6 Å². The molecule has 0 amide bonds. The van der Waals surface area contributed by atoms with Gasteiger partial charge in [-0.2, -0.15) is 5.26 Å². The van der Waals surface area contributed by atoms with Gasteiger partial charge < -0.3 is 5.32 Å². The molecule has 0 aromatic heterocycles. The van der Waals surface area contributed by atoms with E-state index in [-0.39, 0.29) is 0 Å². The molecule has 0 aliphatic carbocycles. The Morgan fingerprint density at radius 3 is 2.53 bits per heavy atom. The van der Waals surface area contributed by atoms with Gasteiger partial charge in [0.15, 0.2) is 0 Å². The smallest absolute Gasteiger partial charge is 0.0994 e. The molecule has 2 rings (SSSR count). The zero-order chi connectivity index (χ0) is 12.1. The number of hydrogen-bond acceptors (Lipinski definition) is 2. The van der Waals surface area contributed by atoms with Gasteiger partial charge in [0.2, 0.25) is 0 Å². The molecule has 2 nitrogen and oxygen atoms in total. The van der Waals surface area contributed by atoms with E-state index in [1.807, 2.05) is 43.3 Å². The molecule has 0 radical (unpaired) electrons.